The number of halogens is 1. The Bertz CT molecular complexity index is 659. The minimum atomic E-state index is -1.76. The first kappa shape index (κ1) is 33.2. The zero-order valence-electron chi connectivity index (χ0n) is 23.2. The van der Waals surface area contributed by atoms with Crippen molar-refractivity contribution in [3.63, 3.8) is 0 Å². The minimum Gasteiger partial charge on any atom is -0.463 e. The van der Waals surface area contributed by atoms with E-state index in [-0.39, 0.29) is 39.6 Å². The van der Waals surface area contributed by atoms with E-state index in [1.807, 2.05) is 0 Å². The van der Waals surface area contributed by atoms with E-state index in [0.717, 1.165) is 0 Å². The highest BCUT2D eigenvalue weighted by atomic mass is 19.1. The maximum Gasteiger partial charge on any atom is 0.302 e. The minimum absolute atomic E-state index is 0.0139. The average molecular weight is 559 g/mol. The van der Waals surface area contributed by atoms with Crippen LogP contribution >= 0.6 is 0 Å². The third-order valence-corrected chi connectivity index (χ3v) is 6.29. The number of rotatable bonds is 17. The zero-order valence-corrected chi connectivity index (χ0v) is 23.2. The number of alkyl halides is 1. The Balaban J connectivity index is 2.03. The summed E-state index contributed by atoms with van der Waals surface area (Å²) < 4.78 is 81.6. The molecule has 0 unspecified atom stereocenters. The topological polar surface area (TPSA) is 128 Å². The van der Waals surface area contributed by atoms with Gasteiger partial charge >= 0.3 is 5.97 Å². The number of esters is 1. The summed E-state index contributed by atoms with van der Waals surface area (Å²) in [5.74, 6) is -0.423. The molecule has 2 aliphatic heterocycles. The van der Waals surface area contributed by atoms with Gasteiger partial charge in [0.25, 0.3) is 0 Å². The lowest BCUT2D eigenvalue weighted by Gasteiger charge is -2.45. The van der Waals surface area contributed by atoms with Crippen molar-refractivity contribution < 1.29 is 66.0 Å². The fourth-order valence-electron chi connectivity index (χ4n) is 4.65. The molecule has 0 N–H and O–H groups in total. The van der Waals surface area contributed by atoms with Gasteiger partial charge in [-0.1, -0.05) is 0 Å². The Morgan fingerprint density at radius 1 is 0.632 bits per heavy atom. The van der Waals surface area contributed by atoms with E-state index in [0.29, 0.717) is 0 Å². The summed E-state index contributed by atoms with van der Waals surface area (Å²) in [6, 6.07) is 0. The van der Waals surface area contributed by atoms with Crippen molar-refractivity contribution in [3.05, 3.63) is 0 Å². The van der Waals surface area contributed by atoms with Crippen LogP contribution in [0.3, 0.4) is 0 Å². The number of carbonyl (C=O) groups excluding carboxylic acids is 1. The fourth-order valence-corrected chi connectivity index (χ4v) is 4.65. The summed E-state index contributed by atoms with van der Waals surface area (Å²) in [5, 5.41) is 0. The normalized spacial score (nSPS) is 35.8. The van der Waals surface area contributed by atoms with Crippen molar-refractivity contribution in [3.8, 4) is 0 Å². The SMILES string of the molecule is COC[C@H]1O[C@@H](F)[C@H](OCCO[C@@H]2O[C@H](COC)[C@@H](OC)[C@H](OC)[C@H]2OCCOC(C)=O)[C@@H](OC)[C@@H]1OC. The van der Waals surface area contributed by atoms with Gasteiger partial charge in [-0.15, -0.1) is 0 Å². The van der Waals surface area contributed by atoms with E-state index in [2.05, 4.69) is 0 Å². The number of methoxy groups -OCH3 is 6. The highest BCUT2D eigenvalue weighted by molar-refractivity contribution is 5.65. The van der Waals surface area contributed by atoms with E-state index in [4.69, 9.17) is 56.8 Å². The highest BCUT2D eigenvalue weighted by Gasteiger charge is 2.49. The van der Waals surface area contributed by atoms with Crippen LogP contribution in [0.5, 0.6) is 0 Å². The van der Waals surface area contributed by atoms with Crippen LogP contribution in [0.2, 0.25) is 0 Å². The van der Waals surface area contributed by atoms with Crippen LogP contribution in [0.25, 0.3) is 0 Å². The van der Waals surface area contributed by atoms with Crippen LogP contribution in [-0.2, 0) is 61.6 Å². The Hall–Kier alpha value is -1.04. The summed E-state index contributed by atoms with van der Waals surface area (Å²) in [4.78, 5) is 11.1. The predicted octanol–water partition coefficient (Wildman–Crippen LogP) is 0.109. The summed E-state index contributed by atoms with van der Waals surface area (Å²) in [6.07, 6.45) is -8.08. The van der Waals surface area contributed by atoms with Gasteiger partial charge in [0.2, 0.25) is 6.36 Å². The Morgan fingerprint density at radius 2 is 1.11 bits per heavy atom. The quantitative estimate of drug-likeness (QED) is 0.177. The van der Waals surface area contributed by atoms with Crippen LogP contribution in [0, 0.1) is 0 Å². The molecule has 0 amide bonds. The lowest BCUT2D eigenvalue weighted by atomic mass is 9.98. The second kappa shape index (κ2) is 17.6. The predicted molar refractivity (Wildman–Crippen MR) is 127 cm³/mol. The molecule has 0 saturated carbocycles. The van der Waals surface area contributed by atoms with E-state index in [1.165, 1.54) is 42.5 Å². The number of hydrogen-bond acceptors (Lipinski definition) is 13. The molecule has 0 aromatic carbocycles. The van der Waals surface area contributed by atoms with Crippen LogP contribution in [0.4, 0.5) is 4.39 Å². The number of hydrogen-bond donors (Lipinski definition) is 0. The molecule has 2 saturated heterocycles. The molecule has 0 spiro atoms. The van der Waals surface area contributed by atoms with E-state index in [9.17, 15) is 9.18 Å². The van der Waals surface area contributed by atoms with Gasteiger partial charge in [-0.05, 0) is 0 Å². The molecule has 2 heterocycles. The highest BCUT2D eigenvalue weighted by Crippen LogP contribution is 2.30. The third-order valence-electron chi connectivity index (χ3n) is 6.29. The van der Waals surface area contributed by atoms with Crippen molar-refractivity contribution in [2.45, 2.75) is 68.4 Å². The second-order valence-electron chi connectivity index (χ2n) is 8.66. The van der Waals surface area contributed by atoms with Crippen molar-refractivity contribution in [2.75, 3.05) is 82.3 Å². The van der Waals surface area contributed by atoms with Gasteiger partial charge in [-0.25, -0.2) is 4.39 Å². The molecule has 0 aromatic heterocycles. The van der Waals surface area contributed by atoms with Crippen LogP contribution < -0.4 is 0 Å². The molecule has 224 valence electrons. The van der Waals surface area contributed by atoms with Crippen LogP contribution in [0.1, 0.15) is 6.92 Å². The Kier molecular flexibility index (Phi) is 15.4. The molecule has 0 radical (unpaired) electrons. The van der Waals surface area contributed by atoms with Gasteiger partial charge in [-0.3, -0.25) is 4.79 Å². The monoisotopic (exact) mass is 558 g/mol. The van der Waals surface area contributed by atoms with Crippen molar-refractivity contribution >= 4 is 5.97 Å². The summed E-state index contributed by atoms with van der Waals surface area (Å²) >= 11 is 0. The molecule has 13 nitrogen and oxygen atoms in total. The summed E-state index contributed by atoms with van der Waals surface area (Å²) in [5.41, 5.74) is 0. The standard InChI is InChI=1S/C24H43FO13/c1-14(26)33-8-9-35-22-20(32-7)18(30-5)16(13-28-3)38-24(22)36-11-10-34-21-19(31-6)17(29-4)15(12-27-2)37-23(21)25/h15-24H,8-13H2,1-7H3/t15-,16-,17-,18-,19+,20+,21-,22-,23-,24-/m1/s1. The van der Waals surface area contributed by atoms with Crippen LogP contribution in [0.15, 0.2) is 0 Å². The number of carbonyl (C=O) groups is 1. The summed E-state index contributed by atoms with van der Waals surface area (Å²) in [6.45, 7) is 1.78. The largest absolute Gasteiger partial charge is 0.463 e. The smallest absolute Gasteiger partial charge is 0.302 e. The first-order chi connectivity index (χ1) is 18.4. The molecule has 38 heavy (non-hydrogen) atoms. The average Bonchev–Trinajstić information content (AvgIpc) is 2.90. The van der Waals surface area contributed by atoms with E-state index < -0.39 is 67.4 Å². The van der Waals surface area contributed by atoms with Gasteiger partial charge < -0.3 is 56.8 Å². The second-order valence-corrected chi connectivity index (χ2v) is 8.66. The molecule has 10 atom stereocenters. The fraction of sp³-hybridized carbons (Fsp3) is 0.958. The van der Waals surface area contributed by atoms with Gasteiger partial charge in [0, 0.05) is 49.6 Å². The first-order valence-corrected chi connectivity index (χ1v) is 12.4. The number of ether oxygens (including phenoxy) is 12. The van der Waals surface area contributed by atoms with Crippen molar-refractivity contribution in [1.29, 1.82) is 0 Å². The Labute approximate surface area is 223 Å². The molecule has 0 aliphatic carbocycles. The maximum atomic E-state index is 14.9. The van der Waals surface area contributed by atoms with Crippen molar-refractivity contribution in [1.82, 2.24) is 0 Å². The van der Waals surface area contributed by atoms with Crippen LogP contribution in [-0.4, -0.2) is 150 Å². The molecule has 0 aromatic rings. The zero-order chi connectivity index (χ0) is 28.1. The maximum absolute atomic E-state index is 14.9. The summed E-state index contributed by atoms with van der Waals surface area (Å²) in [7, 11) is 9.02. The van der Waals surface area contributed by atoms with Gasteiger partial charge in [0.05, 0.1) is 33.0 Å². The lowest BCUT2D eigenvalue weighted by molar-refractivity contribution is -0.322. The molecule has 0 bridgehead atoms. The molecule has 2 rings (SSSR count). The molecule has 2 fully saturated rings. The molecule has 14 heteroatoms. The Morgan fingerprint density at radius 3 is 1.63 bits per heavy atom. The lowest BCUT2D eigenvalue weighted by Crippen LogP contribution is -2.61. The molecular formula is C24H43FO13. The third kappa shape index (κ3) is 8.99. The van der Waals surface area contributed by atoms with Crippen molar-refractivity contribution in [2.24, 2.45) is 0 Å². The molecular weight excluding hydrogens is 515 g/mol. The van der Waals surface area contributed by atoms with E-state index >= 15 is 0 Å². The van der Waals surface area contributed by atoms with Gasteiger partial charge in [0.1, 0.15) is 55.4 Å². The van der Waals surface area contributed by atoms with Gasteiger partial charge in [0.15, 0.2) is 6.29 Å². The van der Waals surface area contributed by atoms with Gasteiger partial charge in [-0.2, -0.15) is 0 Å². The first-order valence-electron chi connectivity index (χ1n) is 12.4. The van der Waals surface area contributed by atoms with E-state index in [1.54, 1.807) is 7.11 Å². The molecule has 2 aliphatic rings.